The fourth-order valence-corrected chi connectivity index (χ4v) is 4.44. The largest absolute Gasteiger partial charge is 0.497 e. The fraction of sp³-hybridized carbons (Fsp3) is 0.360. The van der Waals surface area contributed by atoms with Crippen LogP contribution < -0.4 is 19.1 Å². The monoisotopic (exact) mass is 452 g/mol. The molecule has 0 spiro atoms. The molecule has 33 heavy (non-hydrogen) atoms. The molecule has 1 N–H and O–H groups in total. The Bertz CT molecular complexity index is 1080. The van der Waals surface area contributed by atoms with Gasteiger partial charge < -0.3 is 24.2 Å². The molecule has 2 aromatic rings. The molecule has 0 aromatic heterocycles. The molecule has 174 valence electrons. The molecule has 2 heterocycles. The van der Waals surface area contributed by atoms with E-state index in [1.807, 2.05) is 4.90 Å². The topological polar surface area (TPSA) is 88.5 Å². The number of ether oxygens (including phenoxy) is 3. The zero-order chi connectivity index (χ0) is 23.5. The van der Waals surface area contributed by atoms with Crippen molar-refractivity contribution < 1.29 is 28.9 Å². The van der Waals surface area contributed by atoms with Crippen molar-refractivity contribution in [1.29, 1.82) is 0 Å². The number of carbonyl (C=O) groups is 2. The molecule has 0 aliphatic carbocycles. The van der Waals surface area contributed by atoms with Crippen LogP contribution in [0.1, 0.15) is 18.4 Å². The number of methoxy groups -OCH3 is 3. The van der Waals surface area contributed by atoms with Crippen molar-refractivity contribution >= 4 is 23.1 Å². The number of hydrogen-bond donors (Lipinski definition) is 1. The number of aliphatic hydroxyl groups excluding tert-OH is 1. The quantitative estimate of drug-likeness (QED) is 0.646. The third-order valence-electron chi connectivity index (χ3n) is 6.16. The Morgan fingerprint density at radius 3 is 2.27 bits per heavy atom. The minimum atomic E-state index is -0.422. The van der Waals surface area contributed by atoms with Crippen LogP contribution in [-0.4, -0.2) is 62.8 Å². The van der Waals surface area contributed by atoms with Crippen molar-refractivity contribution in [2.24, 2.45) is 5.92 Å². The fourth-order valence-electron chi connectivity index (χ4n) is 4.44. The smallest absolute Gasteiger partial charge is 0.282 e. The van der Waals surface area contributed by atoms with Crippen LogP contribution in [0, 0.1) is 5.92 Å². The van der Waals surface area contributed by atoms with Crippen LogP contribution in [0.5, 0.6) is 17.2 Å². The van der Waals surface area contributed by atoms with Crippen molar-refractivity contribution in [3.63, 3.8) is 0 Å². The van der Waals surface area contributed by atoms with E-state index in [0.29, 0.717) is 52.9 Å². The molecule has 1 saturated heterocycles. The molecule has 8 nitrogen and oxygen atoms in total. The average Bonchev–Trinajstić information content (AvgIpc) is 3.13. The van der Waals surface area contributed by atoms with Gasteiger partial charge in [0, 0.05) is 25.8 Å². The summed E-state index contributed by atoms with van der Waals surface area (Å²) in [6.45, 7) is 1.19. The SMILES string of the molecule is COc1ccc(C2=C(N3CCCC(CO)C3)C(=O)N(c3ccc(OC)cc3OC)C2=O)cc1. The van der Waals surface area contributed by atoms with Gasteiger partial charge in [0.1, 0.15) is 22.9 Å². The van der Waals surface area contributed by atoms with Crippen molar-refractivity contribution in [3.05, 3.63) is 53.7 Å². The highest BCUT2D eigenvalue weighted by molar-refractivity contribution is 6.45. The number of hydrogen-bond acceptors (Lipinski definition) is 7. The Labute approximate surface area is 193 Å². The number of benzene rings is 2. The first-order valence-electron chi connectivity index (χ1n) is 10.9. The van der Waals surface area contributed by atoms with Crippen LogP contribution in [0.4, 0.5) is 5.69 Å². The van der Waals surface area contributed by atoms with Gasteiger partial charge in [0.2, 0.25) is 0 Å². The summed E-state index contributed by atoms with van der Waals surface area (Å²) in [6, 6.07) is 12.1. The van der Waals surface area contributed by atoms with E-state index in [9.17, 15) is 14.7 Å². The van der Waals surface area contributed by atoms with Crippen LogP contribution >= 0.6 is 0 Å². The predicted octanol–water partition coefficient (Wildman–Crippen LogP) is 2.70. The van der Waals surface area contributed by atoms with E-state index in [2.05, 4.69) is 0 Å². The van der Waals surface area contributed by atoms with Crippen LogP contribution in [-0.2, 0) is 9.59 Å². The predicted molar refractivity (Wildman–Crippen MR) is 123 cm³/mol. The third kappa shape index (κ3) is 4.14. The Morgan fingerprint density at radius 1 is 0.939 bits per heavy atom. The Kier molecular flexibility index (Phi) is 6.55. The molecule has 0 saturated carbocycles. The van der Waals surface area contributed by atoms with Gasteiger partial charge >= 0.3 is 0 Å². The minimum Gasteiger partial charge on any atom is -0.497 e. The summed E-state index contributed by atoms with van der Waals surface area (Å²) in [5, 5.41) is 9.71. The minimum absolute atomic E-state index is 0.0415. The molecular weight excluding hydrogens is 424 g/mol. The first kappa shape index (κ1) is 22.7. The molecule has 1 atom stereocenters. The van der Waals surface area contributed by atoms with Gasteiger partial charge in [0.05, 0.1) is 32.6 Å². The van der Waals surface area contributed by atoms with Crippen LogP contribution in [0.2, 0.25) is 0 Å². The number of amides is 2. The highest BCUT2D eigenvalue weighted by atomic mass is 16.5. The van der Waals surface area contributed by atoms with E-state index in [-0.39, 0.29) is 12.5 Å². The summed E-state index contributed by atoms with van der Waals surface area (Å²) in [5.74, 6) is 0.793. The second kappa shape index (κ2) is 9.54. The van der Waals surface area contributed by atoms with E-state index in [1.54, 1.807) is 49.6 Å². The lowest BCUT2D eigenvalue weighted by molar-refractivity contribution is -0.120. The normalized spacial score (nSPS) is 18.7. The van der Waals surface area contributed by atoms with Gasteiger partial charge in [0.15, 0.2) is 0 Å². The maximum absolute atomic E-state index is 13.8. The van der Waals surface area contributed by atoms with Gasteiger partial charge in [-0.2, -0.15) is 0 Å². The molecule has 2 amide bonds. The number of rotatable bonds is 7. The summed E-state index contributed by atoms with van der Waals surface area (Å²) >= 11 is 0. The molecule has 1 unspecified atom stereocenters. The lowest BCUT2D eigenvalue weighted by atomic mass is 9.97. The number of nitrogens with zero attached hydrogens (tertiary/aromatic N) is 2. The molecule has 2 aliphatic heterocycles. The highest BCUT2D eigenvalue weighted by Crippen LogP contribution is 2.41. The van der Waals surface area contributed by atoms with Crippen molar-refractivity contribution in [1.82, 2.24) is 4.90 Å². The summed E-state index contributed by atoms with van der Waals surface area (Å²) in [7, 11) is 4.60. The number of carbonyl (C=O) groups excluding carboxylic acids is 2. The summed E-state index contributed by atoms with van der Waals surface area (Å²) < 4.78 is 16.0. The van der Waals surface area contributed by atoms with Gasteiger partial charge in [-0.05, 0) is 48.6 Å². The number of anilines is 1. The van der Waals surface area contributed by atoms with Gasteiger partial charge in [-0.1, -0.05) is 12.1 Å². The summed E-state index contributed by atoms with van der Waals surface area (Å²) in [4.78, 5) is 30.6. The highest BCUT2D eigenvalue weighted by Gasteiger charge is 2.44. The number of imide groups is 1. The first-order valence-corrected chi connectivity index (χ1v) is 10.9. The van der Waals surface area contributed by atoms with Crippen LogP contribution in [0.15, 0.2) is 48.2 Å². The maximum atomic E-state index is 13.8. The van der Waals surface area contributed by atoms with E-state index in [4.69, 9.17) is 14.2 Å². The van der Waals surface area contributed by atoms with E-state index in [0.717, 1.165) is 17.7 Å². The number of likely N-dealkylation sites (tertiary alicyclic amines) is 1. The molecule has 2 aromatic carbocycles. The average molecular weight is 453 g/mol. The second-order valence-corrected chi connectivity index (χ2v) is 8.07. The maximum Gasteiger partial charge on any atom is 0.282 e. The van der Waals surface area contributed by atoms with E-state index < -0.39 is 11.8 Å². The Hall–Kier alpha value is -3.52. The van der Waals surface area contributed by atoms with E-state index in [1.165, 1.54) is 14.2 Å². The van der Waals surface area contributed by atoms with Crippen LogP contribution in [0.25, 0.3) is 5.57 Å². The second-order valence-electron chi connectivity index (χ2n) is 8.07. The lowest BCUT2D eigenvalue weighted by Crippen LogP contribution is -2.40. The number of piperidine rings is 1. The molecule has 8 heteroatoms. The Morgan fingerprint density at radius 2 is 1.64 bits per heavy atom. The molecule has 4 rings (SSSR count). The molecular formula is C25H28N2O6. The number of aliphatic hydroxyl groups is 1. The van der Waals surface area contributed by atoms with Gasteiger partial charge in [-0.15, -0.1) is 0 Å². The van der Waals surface area contributed by atoms with Crippen molar-refractivity contribution in [2.75, 3.05) is 45.9 Å². The zero-order valence-corrected chi connectivity index (χ0v) is 19.0. The molecule has 0 bridgehead atoms. The summed E-state index contributed by atoms with van der Waals surface area (Å²) in [6.07, 6.45) is 1.72. The van der Waals surface area contributed by atoms with Gasteiger partial charge in [-0.3, -0.25) is 9.59 Å². The van der Waals surface area contributed by atoms with Gasteiger partial charge in [-0.25, -0.2) is 4.90 Å². The summed E-state index contributed by atoms with van der Waals surface area (Å²) in [5.41, 5.74) is 1.66. The first-order chi connectivity index (χ1) is 16.0. The van der Waals surface area contributed by atoms with Crippen LogP contribution in [0.3, 0.4) is 0 Å². The zero-order valence-electron chi connectivity index (χ0n) is 19.0. The van der Waals surface area contributed by atoms with Crippen molar-refractivity contribution in [3.8, 4) is 17.2 Å². The Balaban J connectivity index is 1.82. The molecule has 2 aliphatic rings. The lowest BCUT2D eigenvalue weighted by Gasteiger charge is -2.34. The molecule has 1 fully saturated rings. The standard InChI is InChI=1S/C25H28N2O6/c1-31-18-8-6-17(7-9-18)22-23(26-12-4-5-16(14-26)15-28)25(30)27(24(22)29)20-11-10-19(32-2)13-21(20)33-3/h6-11,13,16,28H,4-5,12,14-15H2,1-3H3. The van der Waals surface area contributed by atoms with E-state index >= 15 is 0 Å². The molecule has 0 radical (unpaired) electrons. The third-order valence-corrected chi connectivity index (χ3v) is 6.16. The van der Waals surface area contributed by atoms with Gasteiger partial charge in [0.25, 0.3) is 11.8 Å². The van der Waals surface area contributed by atoms with Crippen molar-refractivity contribution in [2.45, 2.75) is 12.8 Å².